The summed E-state index contributed by atoms with van der Waals surface area (Å²) in [6, 6.07) is 3.97. The van der Waals surface area contributed by atoms with Crippen LogP contribution in [0.5, 0.6) is 6.01 Å². The standard InChI is InChI=1S/C10H12N4O/c1-15-10-12-8(7-11)6-9(13-10)14-4-2-3-5-14/h6H,2-5H2,1H3. The molecular weight excluding hydrogens is 192 g/mol. The molecule has 2 heterocycles. The molecule has 0 radical (unpaired) electrons. The fourth-order valence-electron chi connectivity index (χ4n) is 1.67. The van der Waals surface area contributed by atoms with Gasteiger partial charge in [-0.3, -0.25) is 0 Å². The highest BCUT2D eigenvalue weighted by atomic mass is 16.5. The van der Waals surface area contributed by atoms with Crippen LogP contribution in [0.3, 0.4) is 0 Å². The zero-order valence-electron chi connectivity index (χ0n) is 8.60. The minimum Gasteiger partial charge on any atom is -0.467 e. The summed E-state index contributed by atoms with van der Waals surface area (Å²) >= 11 is 0. The lowest BCUT2D eigenvalue weighted by Gasteiger charge is -2.16. The molecule has 0 aliphatic carbocycles. The van der Waals surface area contributed by atoms with E-state index < -0.39 is 0 Å². The van der Waals surface area contributed by atoms with Crippen molar-refractivity contribution in [3.63, 3.8) is 0 Å². The van der Waals surface area contributed by atoms with Crippen molar-refractivity contribution in [2.24, 2.45) is 0 Å². The molecule has 0 aromatic carbocycles. The number of nitrogens with zero attached hydrogens (tertiary/aromatic N) is 4. The maximum atomic E-state index is 8.81. The summed E-state index contributed by atoms with van der Waals surface area (Å²) in [5.41, 5.74) is 0.351. The van der Waals surface area contributed by atoms with Gasteiger partial charge in [0, 0.05) is 19.2 Å². The van der Waals surface area contributed by atoms with Crippen LogP contribution in [0.2, 0.25) is 0 Å². The number of methoxy groups -OCH3 is 1. The van der Waals surface area contributed by atoms with Crippen molar-refractivity contribution in [3.8, 4) is 12.1 Å². The predicted molar refractivity (Wildman–Crippen MR) is 54.7 cm³/mol. The first-order chi connectivity index (χ1) is 7.33. The van der Waals surface area contributed by atoms with E-state index in [2.05, 4.69) is 14.9 Å². The number of hydrogen-bond donors (Lipinski definition) is 0. The SMILES string of the molecule is COc1nc(C#N)cc(N2CCCC2)n1. The molecular formula is C10H12N4O. The maximum Gasteiger partial charge on any atom is 0.319 e. The monoisotopic (exact) mass is 204 g/mol. The summed E-state index contributed by atoms with van der Waals surface area (Å²) in [7, 11) is 1.50. The molecule has 0 amide bonds. The second-order valence-electron chi connectivity index (χ2n) is 3.40. The van der Waals surface area contributed by atoms with Crippen LogP contribution in [0.15, 0.2) is 6.07 Å². The molecule has 1 aromatic heterocycles. The Kier molecular flexibility index (Phi) is 2.68. The second kappa shape index (κ2) is 4.13. The van der Waals surface area contributed by atoms with Gasteiger partial charge in [-0.05, 0) is 12.8 Å². The van der Waals surface area contributed by atoms with Gasteiger partial charge < -0.3 is 9.64 Å². The van der Waals surface area contributed by atoms with Gasteiger partial charge in [0.15, 0.2) is 0 Å². The highest BCUT2D eigenvalue weighted by Crippen LogP contribution is 2.20. The average molecular weight is 204 g/mol. The predicted octanol–water partition coefficient (Wildman–Crippen LogP) is 0.957. The highest BCUT2D eigenvalue weighted by Gasteiger charge is 2.15. The van der Waals surface area contributed by atoms with Crippen molar-refractivity contribution in [1.82, 2.24) is 9.97 Å². The quantitative estimate of drug-likeness (QED) is 0.718. The second-order valence-corrected chi connectivity index (χ2v) is 3.40. The van der Waals surface area contributed by atoms with E-state index in [0.717, 1.165) is 18.9 Å². The van der Waals surface area contributed by atoms with E-state index in [1.165, 1.54) is 20.0 Å². The van der Waals surface area contributed by atoms with Crippen LogP contribution >= 0.6 is 0 Å². The number of aromatic nitrogens is 2. The minimum atomic E-state index is 0.260. The van der Waals surface area contributed by atoms with Gasteiger partial charge in [0.25, 0.3) is 0 Å². The molecule has 0 atom stereocenters. The Morgan fingerprint density at radius 2 is 2.13 bits per heavy atom. The van der Waals surface area contributed by atoms with E-state index in [1.807, 2.05) is 6.07 Å². The fourth-order valence-corrected chi connectivity index (χ4v) is 1.67. The molecule has 5 nitrogen and oxygen atoms in total. The highest BCUT2D eigenvalue weighted by molar-refractivity contribution is 5.44. The Morgan fingerprint density at radius 1 is 1.40 bits per heavy atom. The number of anilines is 1. The summed E-state index contributed by atoms with van der Waals surface area (Å²) in [5.74, 6) is 0.788. The summed E-state index contributed by atoms with van der Waals surface area (Å²) in [5, 5.41) is 8.81. The summed E-state index contributed by atoms with van der Waals surface area (Å²) in [4.78, 5) is 10.3. The van der Waals surface area contributed by atoms with Crippen molar-refractivity contribution in [3.05, 3.63) is 11.8 Å². The number of hydrogen-bond acceptors (Lipinski definition) is 5. The van der Waals surface area contributed by atoms with Crippen molar-refractivity contribution in [2.75, 3.05) is 25.1 Å². The Balaban J connectivity index is 2.33. The van der Waals surface area contributed by atoms with Gasteiger partial charge in [-0.15, -0.1) is 0 Å². The Bertz CT molecular complexity index is 393. The van der Waals surface area contributed by atoms with Crippen LogP contribution in [0.25, 0.3) is 0 Å². The lowest BCUT2D eigenvalue weighted by molar-refractivity contribution is 0.379. The molecule has 1 fully saturated rings. The molecule has 0 bridgehead atoms. The van der Waals surface area contributed by atoms with Gasteiger partial charge in [-0.25, -0.2) is 0 Å². The third-order valence-corrected chi connectivity index (χ3v) is 2.42. The number of rotatable bonds is 2. The molecule has 1 aliphatic heterocycles. The van der Waals surface area contributed by atoms with Crippen LogP contribution in [-0.4, -0.2) is 30.2 Å². The van der Waals surface area contributed by atoms with Crippen molar-refractivity contribution < 1.29 is 4.74 Å². The van der Waals surface area contributed by atoms with Crippen LogP contribution in [-0.2, 0) is 0 Å². The van der Waals surface area contributed by atoms with E-state index in [0.29, 0.717) is 5.69 Å². The fraction of sp³-hybridized carbons (Fsp3) is 0.500. The first kappa shape index (κ1) is 9.71. The van der Waals surface area contributed by atoms with Crippen LogP contribution in [0.1, 0.15) is 18.5 Å². The van der Waals surface area contributed by atoms with Gasteiger partial charge in [0.2, 0.25) is 0 Å². The van der Waals surface area contributed by atoms with Crippen molar-refractivity contribution in [1.29, 1.82) is 5.26 Å². The van der Waals surface area contributed by atoms with Crippen LogP contribution in [0.4, 0.5) is 5.82 Å². The van der Waals surface area contributed by atoms with Gasteiger partial charge in [-0.2, -0.15) is 15.2 Å². The molecule has 0 unspecified atom stereocenters. The minimum absolute atomic E-state index is 0.260. The Hall–Kier alpha value is -1.83. The molecule has 2 rings (SSSR count). The van der Waals surface area contributed by atoms with Crippen molar-refractivity contribution >= 4 is 5.82 Å². The van der Waals surface area contributed by atoms with E-state index in [4.69, 9.17) is 10.00 Å². The number of nitriles is 1. The first-order valence-electron chi connectivity index (χ1n) is 4.91. The van der Waals surface area contributed by atoms with Gasteiger partial charge in [0.05, 0.1) is 7.11 Å². The third-order valence-electron chi connectivity index (χ3n) is 2.42. The Morgan fingerprint density at radius 3 is 2.73 bits per heavy atom. The average Bonchev–Trinajstić information content (AvgIpc) is 2.81. The molecule has 78 valence electrons. The largest absolute Gasteiger partial charge is 0.467 e. The van der Waals surface area contributed by atoms with Gasteiger partial charge >= 0.3 is 6.01 Å². The first-order valence-corrected chi connectivity index (χ1v) is 4.91. The molecule has 0 saturated carbocycles. The molecule has 0 spiro atoms. The van der Waals surface area contributed by atoms with E-state index >= 15 is 0 Å². The topological polar surface area (TPSA) is 62.0 Å². The molecule has 5 heteroatoms. The van der Waals surface area contributed by atoms with Crippen LogP contribution < -0.4 is 9.64 Å². The smallest absolute Gasteiger partial charge is 0.319 e. The molecule has 1 aromatic rings. The number of ether oxygens (including phenoxy) is 1. The normalized spacial score (nSPS) is 15.1. The third kappa shape index (κ3) is 1.99. The zero-order chi connectivity index (χ0) is 10.7. The van der Waals surface area contributed by atoms with E-state index in [1.54, 1.807) is 6.07 Å². The lowest BCUT2D eigenvalue weighted by Crippen LogP contribution is -2.19. The van der Waals surface area contributed by atoms with Crippen molar-refractivity contribution in [2.45, 2.75) is 12.8 Å². The van der Waals surface area contributed by atoms with Gasteiger partial charge in [-0.1, -0.05) is 0 Å². The maximum absolute atomic E-state index is 8.81. The zero-order valence-corrected chi connectivity index (χ0v) is 8.60. The molecule has 0 N–H and O–H groups in total. The summed E-state index contributed by atoms with van der Waals surface area (Å²) < 4.78 is 4.96. The van der Waals surface area contributed by atoms with E-state index in [-0.39, 0.29) is 6.01 Å². The Labute approximate surface area is 88.3 Å². The van der Waals surface area contributed by atoms with E-state index in [9.17, 15) is 0 Å². The lowest BCUT2D eigenvalue weighted by atomic mass is 10.4. The molecule has 15 heavy (non-hydrogen) atoms. The van der Waals surface area contributed by atoms with Gasteiger partial charge in [0.1, 0.15) is 17.6 Å². The molecule has 1 saturated heterocycles. The van der Waals surface area contributed by atoms with Crippen LogP contribution in [0, 0.1) is 11.3 Å². The molecule has 1 aliphatic rings. The summed E-state index contributed by atoms with van der Waals surface area (Å²) in [6.45, 7) is 1.98. The summed E-state index contributed by atoms with van der Waals surface area (Å²) in [6.07, 6.45) is 2.35.